The number of nitrogens with one attached hydrogen (secondary N) is 1. The lowest BCUT2D eigenvalue weighted by molar-refractivity contribution is 0.0953. The first-order valence-electron chi connectivity index (χ1n) is 10.2. The maximum atomic E-state index is 13.4. The molecule has 9 heteroatoms. The molecule has 33 heavy (non-hydrogen) atoms. The van der Waals surface area contributed by atoms with Gasteiger partial charge in [-0.05, 0) is 48.9 Å². The monoisotopic (exact) mass is 464 g/mol. The highest BCUT2D eigenvalue weighted by Crippen LogP contribution is 2.29. The van der Waals surface area contributed by atoms with Gasteiger partial charge in [-0.1, -0.05) is 36.4 Å². The Bertz CT molecular complexity index is 1360. The molecule has 2 aromatic carbocycles. The zero-order valence-corrected chi connectivity index (χ0v) is 18.5. The quantitative estimate of drug-likeness (QED) is 0.421. The number of halogens is 1. The third-order valence-electron chi connectivity index (χ3n) is 5.26. The summed E-state index contributed by atoms with van der Waals surface area (Å²) in [6.07, 6.45) is 3.05. The molecule has 1 atom stereocenters. The van der Waals surface area contributed by atoms with Crippen LogP contribution < -0.4 is 5.32 Å². The van der Waals surface area contributed by atoms with Crippen LogP contribution in [-0.4, -0.2) is 35.6 Å². The number of hydrogen-bond acceptors (Lipinski definition) is 5. The average molecular weight is 465 g/mol. The molecule has 0 aliphatic carbocycles. The van der Waals surface area contributed by atoms with Crippen molar-refractivity contribution in [1.29, 1.82) is 0 Å². The number of hydrogen-bond donors (Lipinski definition) is 1. The zero-order valence-electron chi connectivity index (χ0n) is 17.7. The van der Waals surface area contributed by atoms with Crippen molar-refractivity contribution in [3.05, 3.63) is 108 Å². The molecule has 0 spiro atoms. The summed E-state index contributed by atoms with van der Waals surface area (Å²) >= 11 is 0. The van der Waals surface area contributed by atoms with E-state index in [9.17, 15) is 17.6 Å². The van der Waals surface area contributed by atoms with Crippen molar-refractivity contribution in [3.8, 4) is 5.82 Å². The van der Waals surface area contributed by atoms with E-state index in [4.69, 9.17) is 0 Å². The first-order valence-corrected chi connectivity index (χ1v) is 11.7. The van der Waals surface area contributed by atoms with Crippen LogP contribution >= 0.6 is 0 Å². The number of benzene rings is 2. The van der Waals surface area contributed by atoms with Crippen LogP contribution in [0, 0.1) is 12.7 Å². The minimum absolute atomic E-state index is 0.0221. The Morgan fingerprint density at radius 3 is 2.39 bits per heavy atom. The summed E-state index contributed by atoms with van der Waals surface area (Å²) in [5.41, 5.74) is 1.40. The lowest BCUT2D eigenvalue weighted by atomic mass is 10.1. The van der Waals surface area contributed by atoms with Crippen molar-refractivity contribution >= 4 is 15.7 Å². The molecule has 0 aliphatic heterocycles. The van der Waals surface area contributed by atoms with Crippen LogP contribution in [0.25, 0.3) is 5.82 Å². The molecule has 4 rings (SSSR count). The summed E-state index contributed by atoms with van der Waals surface area (Å²) in [5.74, 6) is -0.418. The lowest BCUT2D eigenvalue weighted by Crippen LogP contribution is -2.32. The van der Waals surface area contributed by atoms with E-state index in [0.29, 0.717) is 22.6 Å². The van der Waals surface area contributed by atoms with Gasteiger partial charge in [0.25, 0.3) is 5.91 Å². The van der Waals surface area contributed by atoms with Crippen molar-refractivity contribution < 1.29 is 17.6 Å². The molecule has 0 saturated heterocycles. The maximum absolute atomic E-state index is 13.4. The molecular weight excluding hydrogens is 443 g/mol. The molecule has 2 aromatic heterocycles. The highest BCUT2D eigenvalue weighted by Gasteiger charge is 2.30. The minimum atomic E-state index is -3.91. The van der Waals surface area contributed by atoms with Crippen LogP contribution in [0.5, 0.6) is 0 Å². The Morgan fingerprint density at radius 2 is 1.73 bits per heavy atom. The van der Waals surface area contributed by atoms with Gasteiger partial charge < -0.3 is 5.32 Å². The van der Waals surface area contributed by atoms with E-state index in [1.165, 1.54) is 18.3 Å². The Labute approximate surface area is 190 Å². The number of aromatic nitrogens is 3. The maximum Gasteiger partial charge on any atom is 0.254 e. The van der Waals surface area contributed by atoms with Gasteiger partial charge in [0.2, 0.25) is 0 Å². The van der Waals surface area contributed by atoms with Gasteiger partial charge in [0.15, 0.2) is 15.7 Å². The molecule has 1 amide bonds. The van der Waals surface area contributed by atoms with Crippen molar-refractivity contribution in [2.45, 2.75) is 17.1 Å². The van der Waals surface area contributed by atoms with Gasteiger partial charge in [-0.25, -0.2) is 22.5 Å². The van der Waals surface area contributed by atoms with Gasteiger partial charge >= 0.3 is 0 Å². The fraction of sp³-hybridized carbons (Fsp3) is 0.125. The van der Waals surface area contributed by atoms with Gasteiger partial charge in [-0.3, -0.25) is 4.79 Å². The largest absolute Gasteiger partial charge is 0.350 e. The first-order chi connectivity index (χ1) is 15.9. The SMILES string of the molecule is Cc1c(C(=O)NCC(c2ccccc2)S(=O)(=O)c2ccc(F)cc2)cnn1-c1ccccn1. The summed E-state index contributed by atoms with van der Waals surface area (Å²) in [7, 11) is -3.91. The second-order valence-electron chi connectivity index (χ2n) is 7.35. The average Bonchev–Trinajstić information content (AvgIpc) is 3.22. The number of sulfone groups is 1. The second-order valence-corrected chi connectivity index (χ2v) is 9.48. The number of nitrogens with zero attached hydrogens (tertiary/aromatic N) is 3. The van der Waals surface area contributed by atoms with Crippen LogP contribution in [0.2, 0.25) is 0 Å². The molecule has 1 N–H and O–H groups in total. The van der Waals surface area contributed by atoms with E-state index in [1.807, 2.05) is 6.07 Å². The van der Waals surface area contributed by atoms with Gasteiger partial charge in [0.1, 0.15) is 11.1 Å². The van der Waals surface area contributed by atoms with E-state index in [2.05, 4.69) is 15.4 Å². The predicted octanol–water partition coefficient (Wildman–Crippen LogP) is 3.66. The zero-order chi connectivity index (χ0) is 23.4. The molecular formula is C24H21FN4O3S. The van der Waals surface area contributed by atoms with E-state index in [0.717, 1.165) is 12.1 Å². The van der Waals surface area contributed by atoms with Crippen LogP contribution in [-0.2, 0) is 9.84 Å². The first kappa shape index (κ1) is 22.3. The highest BCUT2D eigenvalue weighted by atomic mass is 32.2. The number of rotatable bonds is 7. The smallest absolute Gasteiger partial charge is 0.254 e. The van der Waals surface area contributed by atoms with Crippen LogP contribution in [0.1, 0.15) is 26.9 Å². The van der Waals surface area contributed by atoms with Crippen molar-refractivity contribution in [1.82, 2.24) is 20.1 Å². The second kappa shape index (κ2) is 9.33. The normalized spacial score (nSPS) is 12.3. The van der Waals surface area contributed by atoms with Gasteiger partial charge in [0, 0.05) is 12.7 Å². The van der Waals surface area contributed by atoms with Gasteiger partial charge in [-0.15, -0.1) is 0 Å². The molecule has 0 fully saturated rings. The fourth-order valence-electron chi connectivity index (χ4n) is 3.49. The Morgan fingerprint density at radius 1 is 1.03 bits per heavy atom. The number of carbonyl (C=O) groups excluding carboxylic acids is 1. The third kappa shape index (κ3) is 4.68. The van der Waals surface area contributed by atoms with Crippen LogP contribution in [0.4, 0.5) is 4.39 Å². The molecule has 2 heterocycles. The number of pyridine rings is 1. The highest BCUT2D eigenvalue weighted by molar-refractivity contribution is 7.91. The number of amides is 1. The standard InChI is InChI=1S/C24H21FN4O3S/c1-17-21(15-28-29(17)23-9-5-6-14-26-23)24(30)27-16-22(18-7-3-2-4-8-18)33(31,32)20-12-10-19(25)11-13-20/h2-15,22H,16H2,1H3,(H,27,30). The van der Waals surface area contributed by atoms with Crippen LogP contribution in [0.15, 0.2) is 90.1 Å². The fourth-order valence-corrected chi connectivity index (χ4v) is 5.15. The van der Waals surface area contributed by atoms with Crippen LogP contribution in [0.3, 0.4) is 0 Å². The molecule has 7 nitrogen and oxygen atoms in total. The van der Waals surface area contributed by atoms with Gasteiger partial charge in [-0.2, -0.15) is 5.10 Å². The molecule has 0 radical (unpaired) electrons. The molecule has 4 aromatic rings. The molecule has 1 unspecified atom stereocenters. The Balaban J connectivity index is 1.60. The Kier molecular flexibility index (Phi) is 6.32. The van der Waals surface area contributed by atoms with Crippen molar-refractivity contribution in [2.75, 3.05) is 6.54 Å². The summed E-state index contributed by atoms with van der Waals surface area (Å²) < 4.78 is 41.6. The summed E-state index contributed by atoms with van der Waals surface area (Å²) in [6.45, 7) is 1.57. The third-order valence-corrected chi connectivity index (χ3v) is 7.37. The van der Waals surface area contributed by atoms with Crippen molar-refractivity contribution in [2.24, 2.45) is 0 Å². The topological polar surface area (TPSA) is 94.0 Å². The van der Waals surface area contributed by atoms with E-state index in [1.54, 1.807) is 60.3 Å². The minimum Gasteiger partial charge on any atom is -0.350 e. The summed E-state index contributed by atoms with van der Waals surface area (Å²) in [4.78, 5) is 17.1. The molecule has 0 saturated carbocycles. The van der Waals surface area contributed by atoms with E-state index < -0.39 is 26.8 Å². The predicted molar refractivity (Wildman–Crippen MR) is 121 cm³/mol. The lowest BCUT2D eigenvalue weighted by Gasteiger charge is -2.19. The molecule has 0 bridgehead atoms. The molecule has 0 aliphatic rings. The van der Waals surface area contributed by atoms with E-state index >= 15 is 0 Å². The van der Waals surface area contributed by atoms with E-state index in [-0.39, 0.29) is 11.4 Å². The van der Waals surface area contributed by atoms with Crippen molar-refractivity contribution in [3.63, 3.8) is 0 Å². The Hall–Kier alpha value is -3.85. The number of carbonyl (C=O) groups is 1. The summed E-state index contributed by atoms with van der Waals surface area (Å²) in [6, 6.07) is 18.6. The summed E-state index contributed by atoms with van der Waals surface area (Å²) in [5, 5.41) is 5.90. The molecule has 168 valence electrons. The van der Waals surface area contributed by atoms with Gasteiger partial charge in [0.05, 0.1) is 22.3 Å².